The van der Waals surface area contributed by atoms with E-state index in [0.717, 1.165) is 16.7 Å². The first-order chi connectivity index (χ1) is 19.1. The van der Waals surface area contributed by atoms with Crippen LogP contribution in [0.2, 0.25) is 0 Å². The number of aromatic nitrogens is 2. The van der Waals surface area contributed by atoms with E-state index in [9.17, 15) is 19.7 Å². The van der Waals surface area contributed by atoms with Gasteiger partial charge in [-0.15, -0.1) is 0 Å². The van der Waals surface area contributed by atoms with Crippen molar-refractivity contribution in [3.8, 4) is 0 Å². The number of nitro benzene ring substituents is 1. The van der Waals surface area contributed by atoms with Crippen molar-refractivity contribution in [3.05, 3.63) is 122 Å². The van der Waals surface area contributed by atoms with Crippen LogP contribution in [-0.4, -0.2) is 26.5 Å². The van der Waals surface area contributed by atoms with Crippen molar-refractivity contribution in [1.29, 1.82) is 0 Å². The summed E-state index contributed by atoms with van der Waals surface area (Å²) in [5.41, 5.74) is 5.76. The van der Waals surface area contributed by atoms with Crippen molar-refractivity contribution in [3.63, 3.8) is 0 Å². The average molecular weight is 537 g/mol. The lowest BCUT2D eigenvalue weighted by Gasteiger charge is -2.30. The lowest BCUT2D eigenvalue weighted by atomic mass is 9.94. The van der Waals surface area contributed by atoms with Crippen LogP contribution in [0.4, 0.5) is 22.9 Å². The summed E-state index contributed by atoms with van der Waals surface area (Å²) >= 11 is 0. The zero-order chi connectivity index (χ0) is 28.6. The smallest absolute Gasteiger partial charge is 0.269 e. The highest BCUT2D eigenvalue weighted by atomic mass is 16.6. The third-order valence-electron chi connectivity index (χ3n) is 6.85. The number of nitrogens with zero attached hydrogens (tertiary/aromatic N) is 3. The predicted octanol–water partition coefficient (Wildman–Crippen LogP) is 5.90. The maximum Gasteiger partial charge on any atom is 0.269 e. The molecule has 0 saturated carbocycles. The van der Waals surface area contributed by atoms with Gasteiger partial charge in [-0.25, -0.2) is 4.68 Å². The number of rotatable bonds is 6. The van der Waals surface area contributed by atoms with E-state index in [1.807, 2.05) is 63.2 Å². The van der Waals surface area contributed by atoms with Gasteiger partial charge in [0.15, 0.2) is 0 Å². The second-order valence-electron chi connectivity index (χ2n) is 9.86. The highest BCUT2D eigenvalue weighted by Crippen LogP contribution is 2.39. The van der Waals surface area contributed by atoms with Gasteiger partial charge in [0.1, 0.15) is 17.4 Å². The Morgan fingerprint density at radius 3 is 2.35 bits per heavy atom. The van der Waals surface area contributed by atoms with E-state index >= 15 is 0 Å². The molecule has 1 aliphatic rings. The van der Waals surface area contributed by atoms with Crippen molar-refractivity contribution in [2.75, 3.05) is 16.0 Å². The van der Waals surface area contributed by atoms with Crippen LogP contribution in [0.1, 0.15) is 45.6 Å². The van der Waals surface area contributed by atoms with Gasteiger partial charge in [0.2, 0.25) is 0 Å². The molecule has 5 rings (SSSR count). The summed E-state index contributed by atoms with van der Waals surface area (Å²) in [7, 11) is 0. The quantitative estimate of drug-likeness (QED) is 0.208. The standard InChI is InChI=1S/C30H28N6O4/c1-17-8-11-22(12-9-17)33-29(37)24-16-31-35-27(21-6-5-7-23(15-21)36(39)40)26(20(4)32-28(24)35)30(38)34-25-13-10-18(2)14-19(25)3/h5-16,27,32H,1-4H3,(H,33,37)(H,34,38)/t27-/m1/s1. The Balaban J connectivity index is 1.57. The second kappa shape index (κ2) is 10.5. The number of carbonyl (C=O) groups excluding carboxylic acids is 2. The summed E-state index contributed by atoms with van der Waals surface area (Å²) < 4.78 is 1.52. The highest BCUT2D eigenvalue weighted by Gasteiger charge is 2.36. The molecular weight excluding hydrogens is 508 g/mol. The molecular formula is C30H28N6O4. The first-order valence-corrected chi connectivity index (χ1v) is 12.7. The summed E-state index contributed by atoms with van der Waals surface area (Å²) in [5.74, 6) is -0.395. The molecule has 3 aromatic carbocycles. The lowest BCUT2D eigenvalue weighted by Crippen LogP contribution is -2.32. The Morgan fingerprint density at radius 2 is 1.65 bits per heavy atom. The van der Waals surface area contributed by atoms with Crippen molar-refractivity contribution in [2.24, 2.45) is 0 Å². The molecule has 202 valence electrons. The van der Waals surface area contributed by atoms with Crippen molar-refractivity contribution in [2.45, 2.75) is 33.7 Å². The summed E-state index contributed by atoms with van der Waals surface area (Å²) in [6.45, 7) is 7.58. The number of non-ortho nitro benzene ring substituents is 1. The van der Waals surface area contributed by atoms with Crippen LogP contribution in [0, 0.1) is 30.9 Å². The maximum absolute atomic E-state index is 13.8. The predicted molar refractivity (Wildman–Crippen MR) is 153 cm³/mol. The van der Waals surface area contributed by atoms with E-state index in [0.29, 0.717) is 34.0 Å². The number of hydrogen-bond acceptors (Lipinski definition) is 6. The summed E-state index contributed by atoms with van der Waals surface area (Å²) in [5, 5.41) is 25.1. The van der Waals surface area contributed by atoms with E-state index in [1.165, 1.54) is 23.0 Å². The number of nitrogens with one attached hydrogen (secondary N) is 3. The molecule has 1 aromatic heterocycles. The SMILES string of the molecule is CC1=C(C(=O)Nc2ccc(C)cc2C)[C@@H](c2cccc([N+](=O)[O-])c2)n2ncc(C(=O)Nc3ccc(C)cc3)c2N1. The van der Waals surface area contributed by atoms with Crippen LogP contribution >= 0.6 is 0 Å². The summed E-state index contributed by atoms with van der Waals surface area (Å²) in [6, 6.07) is 18.4. The highest BCUT2D eigenvalue weighted by molar-refractivity contribution is 6.09. The van der Waals surface area contributed by atoms with Crippen LogP contribution in [0.25, 0.3) is 0 Å². The van der Waals surface area contributed by atoms with Gasteiger partial charge in [-0.3, -0.25) is 19.7 Å². The molecule has 10 nitrogen and oxygen atoms in total. The van der Waals surface area contributed by atoms with Gasteiger partial charge >= 0.3 is 0 Å². The number of allylic oxidation sites excluding steroid dienone is 1. The van der Waals surface area contributed by atoms with Gasteiger partial charge in [-0.05, 0) is 57.0 Å². The Bertz CT molecular complexity index is 1690. The van der Waals surface area contributed by atoms with E-state index < -0.39 is 11.0 Å². The van der Waals surface area contributed by atoms with Crippen molar-refractivity contribution < 1.29 is 14.5 Å². The molecule has 3 N–H and O–H groups in total. The van der Waals surface area contributed by atoms with Crippen LogP contribution in [0.3, 0.4) is 0 Å². The number of carbonyl (C=O) groups is 2. The van der Waals surface area contributed by atoms with E-state index in [2.05, 4.69) is 21.0 Å². The Kier molecular flexibility index (Phi) is 6.91. The van der Waals surface area contributed by atoms with Crippen LogP contribution in [0.5, 0.6) is 0 Å². The molecule has 40 heavy (non-hydrogen) atoms. The first-order valence-electron chi connectivity index (χ1n) is 12.7. The molecule has 0 bridgehead atoms. The van der Waals surface area contributed by atoms with Gasteiger partial charge in [0.25, 0.3) is 17.5 Å². The molecule has 0 saturated heterocycles. The first kappa shape index (κ1) is 26.4. The molecule has 0 spiro atoms. The van der Waals surface area contributed by atoms with E-state index in [-0.39, 0.29) is 23.1 Å². The van der Waals surface area contributed by atoms with Crippen molar-refractivity contribution >= 4 is 34.7 Å². The maximum atomic E-state index is 13.8. The number of benzene rings is 3. The molecule has 1 atom stereocenters. The van der Waals surface area contributed by atoms with Gasteiger partial charge in [-0.2, -0.15) is 5.10 Å². The molecule has 1 aliphatic heterocycles. The number of anilines is 3. The monoisotopic (exact) mass is 536 g/mol. The fourth-order valence-electron chi connectivity index (χ4n) is 4.81. The minimum absolute atomic E-state index is 0.117. The number of aryl methyl sites for hydroxylation is 3. The third-order valence-corrected chi connectivity index (χ3v) is 6.85. The number of amides is 2. The van der Waals surface area contributed by atoms with Crippen molar-refractivity contribution in [1.82, 2.24) is 9.78 Å². The van der Waals surface area contributed by atoms with E-state index in [4.69, 9.17) is 0 Å². The molecule has 2 amide bonds. The Morgan fingerprint density at radius 1 is 0.925 bits per heavy atom. The molecule has 4 aromatic rings. The molecule has 0 aliphatic carbocycles. The Labute approximate surface area is 230 Å². The molecule has 10 heteroatoms. The zero-order valence-corrected chi connectivity index (χ0v) is 22.5. The normalized spacial score (nSPS) is 14.2. The minimum Gasteiger partial charge on any atom is -0.343 e. The van der Waals surface area contributed by atoms with Crippen LogP contribution < -0.4 is 16.0 Å². The minimum atomic E-state index is -0.831. The van der Waals surface area contributed by atoms with Gasteiger partial charge < -0.3 is 16.0 Å². The fourth-order valence-corrected chi connectivity index (χ4v) is 4.81. The number of fused-ring (bicyclic) bond motifs is 1. The number of nitro groups is 1. The van der Waals surface area contributed by atoms with Gasteiger partial charge in [-0.1, -0.05) is 47.5 Å². The summed E-state index contributed by atoms with van der Waals surface area (Å²) in [4.78, 5) is 38.1. The van der Waals surface area contributed by atoms with Gasteiger partial charge in [0, 0.05) is 29.2 Å². The molecule has 0 fully saturated rings. The number of hydrogen-bond donors (Lipinski definition) is 3. The van der Waals surface area contributed by atoms with E-state index in [1.54, 1.807) is 19.1 Å². The molecule has 2 heterocycles. The molecule has 0 unspecified atom stereocenters. The van der Waals surface area contributed by atoms with Gasteiger partial charge in [0.05, 0.1) is 16.7 Å². The largest absolute Gasteiger partial charge is 0.343 e. The summed E-state index contributed by atoms with van der Waals surface area (Å²) in [6.07, 6.45) is 1.43. The topological polar surface area (TPSA) is 131 Å². The lowest BCUT2D eigenvalue weighted by molar-refractivity contribution is -0.384. The average Bonchev–Trinajstić information content (AvgIpc) is 3.34. The van der Waals surface area contributed by atoms with Crippen LogP contribution in [0.15, 0.2) is 84.2 Å². The van der Waals surface area contributed by atoms with Crippen LogP contribution in [-0.2, 0) is 4.79 Å². The zero-order valence-electron chi connectivity index (χ0n) is 22.5. The Hall–Kier alpha value is -5.25. The fraction of sp³-hybridized carbons (Fsp3) is 0.167. The molecule has 0 radical (unpaired) electrons. The second-order valence-corrected chi connectivity index (χ2v) is 9.86. The third kappa shape index (κ3) is 5.06.